The summed E-state index contributed by atoms with van der Waals surface area (Å²) in [5.41, 5.74) is 7.34. The Kier molecular flexibility index (Phi) is 8.60. The van der Waals surface area contributed by atoms with Gasteiger partial charge >= 0.3 is 0 Å². The van der Waals surface area contributed by atoms with Crippen LogP contribution in [0.25, 0.3) is 11.3 Å². The van der Waals surface area contributed by atoms with Crippen LogP contribution in [0.2, 0.25) is 0 Å². The Morgan fingerprint density at radius 3 is 2.30 bits per heavy atom. The van der Waals surface area contributed by atoms with Crippen molar-refractivity contribution in [3.63, 3.8) is 0 Å². The molecule has 3 aromatic rings. The van der Waals surface area contributed by atoms with E-state index in [1.807, 2.05) is 80.1 Å². The van der Waals surface area contributed by atoms with Gasteiger partial charge in [-0.25, -0.2) is 4.68 Å². The second-order valence-corrected chi connectivity index (χ2v) is 10.1. The molecule has 0 bridgehead atoms. The molecule has 9 nitrogen and oxygen atoms in total. The molecule has 37 heavy (non-hydrogen) atoms. The number of nitrogens with two attached hydrogens (primary N) is 1. The number of carbonyl (C=O) groups excluding carboxylic acids is 2. The minimum atomic E-state index is -0.469. The van der Waals surface area contributed by atoms with Crippen molar-refractivity contribution < 1.29 is 19.1 Å². The topological polar surface area (TPSA) is 112 Å². The highest BCUT2D eigenvalue weighted by molar-refractivity contribution is 6.03. The lowest BCUT2D eigenvalue weighted by Crippen LogP contribution is -2.32. The molecule has 0 spiro atoms. The van der Waals surface area contributed by atoms with Crippen LogP contribution in [0.1, 0.15) is 44.6 Å². The lowest BCUT2D eigenvalue weighted by atomic mass is 10.0. The van der Waals surface area contributed by atoms with Gasteiger partial charge in [-0.3, -0.25) is 9.59 Å². The van der Waals surface area contributed by atoms with Crippen molar-refractivity contribution in [1.82, 2.24) is 14.7 Å². The van der Waals surface area contributed by atoms with Gasteiger partial charge in [-0.1, -0.05) is 25.6 Å². The zero-order chi connectivity index (χ0) is 25.9. The standard InChI is InChI=1S/C22H23N5O2.C5H10O2.CH4/c1-26-12-15-11-24-22-19(21(23)28)20(25-27(22)18(15)13-26)14-7-9-17(10-8-14)29-16-5-3-2-4-6-16;1-5(2,3)7-4-6;/h2-10,15,18,24H,11-13H2,1H3,(H2,23,28);4H,1-3H3;1H4. The van der Waals surface area contributed by atoms with Gasteiger partial charge in [0.15, 0.2) is 0 Å². The van der Waals surface area contributed by atoms with E-state index in [1.165, 1.54) is 0 Å². The van der Waals surface area contributed by atoms with Gasteiger partial charge in [0.1, 0.15) is 34.2 Å². The van der Waals surface area contributed by atoms with Gasteiger partial charge in [-0.2, -0.15) is 5.10 Å². The second kappa shape index (κ2) is 11.5. The average Bonchev–Trinajstić information content (AvgIpc) is 3.40. The largest absolute Gasteiger partial charge is 0.462 e. The van der Waals surface area contributed by atoms with E-state index < -0.39 is 5.91 Å². The number of nitrogens with zero attached hydrogens (tertiary/aromatic N) is 3. The smallest absolute Gasteiger partial charge is 0.293 e. The fourth-order valence-electron chi connectivity index (χ4n) is 4.50. The SMILES string of the molecule is C.CC(C)(C)OC=O.CN1CC2CNc3c(C(N)=O)c(-c4ccc(Oc5ccccc5)cc4)nn3C2C1. The zero-order valence-corrected chi connectivity index (χ0v) is 21.1. The van der Waals surface area contributed by atoms with Crippen molar-refractivity contribution >= 4 is 18.2 Å². The molecule has 0 aliphatic carbocycles. The molecule has 0 radical (unpaired) electrons. The maximum absolute atomic E-state index is 12.3. The quantitative estimate of drug-likeness (QED) is 0.487. The number of rotatable bonds is 5. The van der Waals surface area contributed by atoms with E-state index in [-0.39, 0.29) is 19.1 Å². The molecule has 3 N–H and O–H groups in total. The predicted octanol–water partition coefficient (Wildman–Crippen LogP) is 4.56. The minimum Gasteiger partial charge on any atom is -0.462 e. The summed E-state index contributed by atoms with van der Waals surface area (Å²) in [5.74, 6) is 2.23. The first-order valence-electron chi connectivity index (χ1n) is 12.0. The summed E-state index contributed by atoms with van der Waals surface area (Å²) in [4.78, 5) is 24.2. The van der Waals surface area contributed by atoms with E-state index in [2.05, 4.69) is 22.0 Å². The van der Waals surface area contributed by atoms with Crippen molar-refractivity contribution in [2.45, 2.75) is 39.8 Å². The van der Waals surface area contributed by atoms with E-state index >= 15 is 0 Å². The second-order valence-electron chi connectivity index (χ2n) is 10.1. The predicted molar refractivity (Wildman–Crippen MR) is 145 cm³/mol. The number of nitrogens with one attached hydrogen (secondary N) is 1. The highest BCUT2D eigenvalue weighted by Gasteiger charge is 2.39. The lowest BCUT2D eigenvalue weighted by molar-refractivity contribution is -0.138. The van der Waals surface area contributed by atoms with Crippen LogP contribution in [0.5, 0.6) is 11.5 Å². The molecule has 1 amide bonds. The van der Waals surface area contributed by atoms with Gasteiger partial charge in [0.25, 0.3) is 12.4 Å². The number of likely N-dealkylation sites (tertiary alicyclic amines) is 1. The number of ether oxygens (including phenoxy) is 2. The Labute approximate surface area is 218 Å². The van der Waals surface area contributed by atoms with Gasteiger partial charge < -0.3 is 25.4 Å². The number of fused-ring (bicyclic) bond motifs is 3. The van der Waals surface area contributed by atoms with Crippen LogP contribution in [0.15, 0.2) is 54.6 Å². The molecule has 5 rings (SSSR count). The summed E-state index contributed by atoms with van der Waals surface area (Å²) >= 11 is 0. The van der Waals surface area contributed by atoms with Gasteiger partial charge in [0, 0.05) is 31.1 Å². The maximum Gasteiger partial charge on any atom is 0.293 e. The number of para-hydroxylation sites is 1. The third kappa shape index (κ3) is 6.48. The van der Waals surface area contributed by atoms with E-state index in [0.29, 0.717) is 23.6 Å². The Bertz CT molecular complexity index is 1200. The molecule has 3 heterocycles. The van der Waals surface area contributed by atoms with Crippen LogP contribution in [0, 0.1) is 5.92 Å². The lowest BCUT2D eigenvalue weighted by Gasteiger charge is -2.27. The average molecular weight is 508 g/mol. The van der Waals surface area contributed by atoms with Crippen molar-refractivity contribution in [3.8, 4) is 22.8 Å². The molecular formula is C28H37N5O4. The summed E-state index contributed by atoms with van der Waals surface area (Å²) in [6.07, 6.45) is 0. The van der Waals surface area contributed by atoms with E-state index in [0.717, 1.165) is 42.5 Å². The number of hydrogen-bond donors (Lipinski definition) is 2. The Hall–Kier alpha value is -3.85. The molecule has 2 atom stereocenters. The number of primary amides is 1. The molecule has 9 heteroatoms. The summed E-state index contributed by atoms with van der Waals surface area (Å²) in [5, 5.41) is 8.21. The first kappa shape index (κ1) is 27.7. The van der Waals surface area contributed by atoms with Crippen LogP contribution in [-0.4, -0.2) is 59.3 Å². The molecule has 1 saturated heterocycles. The molecule has 198 valence electrons. The highest BCUT2D eigenvalue weighted by atomic mass is 16.5. The normalized spacial score (nSPS) is 18.2. The Balaban J connectivity index is 0.000000422. The first-order valence-corrected chi connectivity index (χ1v) is 12.0. The number of benzene rings is 2. The van der Waals surface area contributed by atoms with Gasteiger partial charge in [0.2, 0.25) is 0 Å². The van der Waals surface area contributed by atoms with Crippen LogP contribution in [0.3, 0.4) is 0 Å². The summed E-state index contributed by atoms with van der Waals surface area (Å²) in [6.45, 7) is 8.68. The third-order valence-electron chi connectivity index (χ3n) is 6.10. The number of aromatic nitrogens is 2. The fraction of sp³-hybridized carbons (Fsp3) is 0.393. The van der Waals surface area contributed by atoms with E-state index in [4.69, 9.17) is 15.6 Å². The van der Waals surface area contributed by atoms with Crippen molar-refractivity contribution in [2.24, 2.45) is 11.7 Å². The molecule has 2 aromatic carbocycles. The fourth-order valence-corrected chi connectivity index (χ4v) is 4.50. The Morgan fingerprint density at radius 1 is 1.08 bits per heavy atom. The first-order chi connectivity index (χ1) is 17.2. The zero-order valence-electron chi connectivity index (χ0n) is 21.1. The molecule has 1 aromatic heterocycles. The molecule has 2 aliphatic heterocycles. The summed E-state index contributed by atoms with van der Waals surface area (Å²) in [6, 6.07) is 17.5. The number of amides is 1. The van der Waals surface area contributed by atoms with Gasteiger partial charge in [-0.15, -0.1) is 0 Å². The number of likely N-dealkylation sites (N-methyl/N-ethyl adjacent to an activating group) is 1. The van der Waals surface area contributed by atoms with E-state index in [9.17, 15) is 9.59 Å². The monoisotopic (exact) mass is 507 g/mol. The molecule has 2 unspecified atom stereocenters. The molecule has 0 saturated carbocycles. The number of carbonyl (C=O) groups is 2. The van der Waals surface area contributed by atoms with Crippen molar-refractivity contribution in [1.29, 1.82) is 0 Å². The van der Waals surface area contributed by atoms with Gasteiger partial charge in [-0.05, 0) is 64.2 Å². The van der Waals surface area contributed by atoms with Crippen LogP contribution < -0.4 is 15.8 Å². The van der Waals surface area contributed by atoms with Crippen LogP contribution in [-0.2, 0) is 9.53 Å². The van der Waals surface area contributed by atoms with Gasteiger partial charge in [0.05, 0.1) is 6.04 Å². The number of anilines is 1. The summed E-state index contributed by atoms with van der Waals surface area (Å²) < 4.78 is 12.4. The molecular weight excluding hydrogens is 470 g/mol. The summed E-state index contributed by atoms with van der Waals surface area (Å²) in [7, 11) is 2.11. The molecule has 2 aliphatic rings. The van der Waals surface area contributed by atoms with Crippen LogP contribution in [0.4, 0.5) is 5.82 Å². The Morgan fingerprint density at radius 2 is 1.73 bits per heavy atom. The molecule has 1 fully saturated rings. The highest BCUT2D eigenvalue weighted by Crippen LogP contribution is 2.39. The third-order valence-corrected chi connectivity index (χ3v) is 6.10. The van der Waals surface area contributed by atoms with Crippen LogP contribution >= 0.6 is 0 Å². The minimum absolute atomic E-state index is 0. The maximum atomic E-state index is 12.3. The van der Waals surface area contributed by atoms with E-state index in [1.54, 1.807) is 0 Å². The van der Waals surface area contributed by atoms with Crippen molar-refractivity contribution in [3.05, 3.63) is 60.2 Å². The van der Waals surface area contributed by atoms with Crippen molar-refractivity contribution in [2.75, 3.05) is 32.0 Å². The number of hydrogen-bond acceptors (Lipinski definition) is 7.